The average Bonchev–Trinajstić information content (AvgIpc) is 3.31. The van der Waals surface area contributed by atoms with E-state index in [9.17, 15) is 0 Å². The van der Waals surface area contributed by atoms with Crippen molar-refractivity contribution in [1.29, 1.82) is 0 Å². The molecule has 1 saturated carbocycles. The second-order valence-electron chi connectivity index (χ2n) is 5.86. The van der Waals surface area contributed by atoms with E-state index in [4.69, 9.17) is 16.3 Å². The summed E-state index contributed by atoms with van der Waals surface area (Å²) in [5.74, 6) is 1.15. The highest BCUT2D eigenvalue weighted by atomic mass is 35.5. The van der Waals surface area contributed by atoms with Crippen LogP contribution in [0, 0.1) is 0 Å². The van der Waals surface area contributed by atoms with Crippen molar-refractivity contribution in [3.05, 3.63) is 29.3 Å². The van der Waals surface area contributed by atoms with E-state index in [1.54, 1.807) is 12.4 Å². The number of anilines is 2. The Balaban J connectivity index is 1.61. The molecule has 116 valence electrons. The lowest BCUT2D eigenvalue weighted by molar-refractivity contribution is 0.0654. The van der Waals surface area contributed by atoms with E-state index in [0.29, 0.717) is 22.9 Å². The molecule has 3 heterocycles. The van der Waals surface area contributed by atoms with Crippen molar-refractivity contribution in [2.24, 2.45) is 0 Å². The molecule has 22 heavy (non-hydrogen) atoms. The molecule has 2 aromatic rings. The van der Waals surface area contributed by atoms with Crippen LogP contribution in [0.5, 0.6) is 0 Å². The van der Waals surface area contributed by atoms with E-state index >= 15 is 0 Å². The number of hydrogen-bond donors (Lipinski definition) is 1. The summed E-state index contributed by atoms with van der Waals surface area (Å²) in [5.41, 5.74) is 2.29. The highest BCUT2D eigenvalue weighted by Crippen LogP contribution is 2.45. The number of nitrogens with one attached hydrogen (secondary N) is 1. The zero-order valence-corrected chi connectivity index (χ0v) is 13.0. The lowest BCUT2D eigenvalue weighted by Gasteiger charge is -2.24. The molecule has 0 spiro atoms. The molecule has 2 aliphatic rings. The Morgan fingerprint density at radius 1 is 1.09 bits per heavy atom. The second kappa shape index (κ2) is 5.85. The van der Waals surface area contributed by atoms with Crippen molar-refractivity contribution in [3.8, 4) is 0 Å². The molecule has 0 radical (unpaired) electrons. The van der Waals surface area contributed by atoms with Crippen molar-refractivity contribution in [2.45, 2.75) is 37.6 Å². The van der Waals surface area contributed by atoms with Gasteiger partial charge in [0.1, 0.15) is 0 Å². The summed E-state index contributed by atoms with van der Waals surface area (Å²) >= 11 is 5.83. The quantitative estimate of drug-likeness (QED) is 0.936. The largest absolute Gasteiger partial charge is 0.381 e. The first kappa shape index (κ1) is 14.0. The second-order valence-corrected chi connectivity index (χ2v) is 6.29. The Kier molecular flexibility index (Phi) is 3.72. The van der Waals surface area contributed by atoms with Crippen LogP contribution >= 0.6 is 11.6 Å². The van der Waals surface area contributed by atoms with Crippen molar-refractivity contribution in [3.63, 3.8) is 0 Å². The summed E-state index contributed by atoms with van der Waals surface area (Å²) in [7, 11) is 0. The third-order valence-corrected chi connectivity index (χ3v) is 4.40. The van der Waals surface area contributed by atoms with Gasteiger partial charge in [0, 0.05) is 19.1 Å². The molecule has 1 aliphatic heterocycles. The number of nitrogens with zero attached hydrogens (tertiary/aromatic N) is 4. The molecule has 0 atom stereocenters. The summed E-state index contributed by atoms with van der Waals surface area (Å²) in [6.45, 7) is 1.63. The summed E-state index contributed by atoms with van der Waals surface area (Å²) < 4.78 is 7.65. The van der Waals surface area contributed by atoms with Crippen LogP contribution in [-0.4, -0.2) is 33.0 Å². The average molecular weight is 320 g/mol. The lowest BCUT2D eigenvalue weighted by Crippen LogP contribution is -2.22. The maximum atomic E-state index is 5.83. The minimum atomic E-state index is 0.436. The molecular weight excluding hydrogens is 302 g/mol. The smallest absolute Gasteiger partial charge is 0.227 e. The van der Waals surface area contributed by atoms with Crippen molar-refractivity contribution in [1.82, 2.24) is 19.7 Å². The first-order valence-electron chi connectivity index (χ1n) is 7.71. The Morgan fingerprint density at radius 3 is 2.50 bits per heavy atom. The maximum Gasteiger partial charge on any atom is 0.227 e. The summed E-state index contributed by atoms with van der Waals surface area (Å²) in [4.78, 5) is 8.41. The molecule has 7 heteroatoms. The van der Waals surface area contributed by atoms with Gasteiger partial charge in [-0.1, -0.05) is 11.6 Å². The molecule has 1 saturated heterocycles. The zero-order chi connectivity index (χ0) is 14.9. The van der Waals surface area contributed by atoms with Gasteiger partial charge in [0.2, 0.25) is 5.95 Å². The highest BCUT2D eigenvalue weighted by Gasteiger charge is 2.33. The van der Waals surface area contributed by atoms with Gasteiger partial charge >= 0.3 is 0 Å². The molecule has 4 rings (SSSR count). The number of ether oxygens (including phenoxy) is 1. The van der Waals surface area contributed by atoms with Gasteiger partial charge < -0.3 is 10.1 Å². The molecule has 2 aromatic heterocycles. The molecule has 0 aromatic carbocycles. The predicted molar refractivity (Wildman–Crippen MR) is 83.6 cm³/mol. The van der Waals surface area contributed by atoms with Gasteiger partial charge in [0.15, 0.2) is 0 Å². The minimum absolute atomic E-state index is 0.436. The molecule has 2 fully saturated rings. The van der Waals surface area contributed by atoms with E-state index in [2.05, 4.69) is 25.1 Å². The SMILES string of the molecule is Clc1cnc(Nc2cnn(C3CCOCC3)c2C2CC2)nc1. The standard InChI is InChI=1S/C15H18ClN5O/c16-11-7-17-15(18-8-11)20-13-9-19-21(14(13)10-1-2-10)12-3-5-22-6-4-12/h7-10,12H,1-6H2,(H,17,18,20). The predicted octanol–water partition coefficient (Wildman–Crippen LogP) is 3.30. The molecule has 1 N–H and O–H groups in total. The first-order valence-corrected chi connectivity index (χ1v) is 8.09. The molecular formula is C15H18ClN5O. The van der Waals surface area contributed by atoms with Gasteiger partial charge in [-0.25, -0.2) is 9.97 Å². The fraction of sp³-hybridized carbons (Fsp3) is 0.533. The van der Waals surface area contributed by atoms with Crippen LogP contribution in [0.1, 0.15) is 43.3 Å². The molecule has 0 unspecified atom stereocenters. The number of aromatic nitrogens is 4. The monoisotopic (exact) mass is 319 g/mol. The Hall–Kier alpha value is -1.66. The number of rotatable bonds is 4. The van der Waals surface area contributed by atoms with E-state index in [1.165, 1.54) is 18.5 Å². The van der Waals surface area contributed by atoms with E-state index in [-0.39, 0.29) is 0 Å². The minimum Gasteiger partial charge on any atom is -0.381 e. The van der Waals surface area contributed by atoms with Crippen molar-refractivity contribution >= 4 is 23.2 Å². The van der Waals surface area contributed by atoms with E-state index in [1.807, 2.05) is 6.20 Å². The van der Waals surface area contributed by atoms with Crippen LogP contribution in [0.4, 0.5) is 11.6 Å². The van der Waals surface area contributed by atoms with Crippen LogP contribution in [0.2, 0.25) is 5.02 Å². The Bertz CT molecular complexity index is 646. The van der Waals surface area contributed by atoms with Gasteiger partial charge in [0.25, 0.3) is 0 Å². The summed E-state index contributed by atoms with van der Waals surface area (Å²) in [6.07, 6.45) is 9.58. The Morgan fingerprint density at radius 2 is 1.82 bits per heavy atom. The van der Waals surface area contributed by atoms with Crippen LogP contribution in [0.15, 0.2) is 18.6 Å². The Labute approximate surface area is 133 Å². The highest BCUT2D eigenvalue weighted by molar-refractivity contribution is 6.30. The summed E-state index contributed by atoms with van der Waals surface area (Å²) in [5, 5.41) is 8.45. The topological polar surface area (TPSA) is 64.9 Å². The van der Waals surface area contributed by atoms with Crippen molar-refractivity contribution in [2.75, 3.05) is 18.5 Å². The third kappa shape index (κ3) is 2.80. The summed E-state index contributed by atoms with van der Waals surface area (Å²) in [6, 6.07) is 0.436. The van der Waals surface area contributed by atoms with Crippen LogP contribution in [0.3, 0.4) is 0 Å². The van der Waals surface area contributed by atoms with Crippen LogP contribution in [-0.2, 0) is 4.74 Å². The fourth-order valence-corrected chi connectivity index (χ4v) is 3.05. The fourth-order valence-electron chi connectivity index (χ4n) is 2.95. The number of halogens is 1. The molecule has 0 amide bonds. The lowest BCUT2D eigenvalue weighted by atomic mass is 10.1. The molecule has 1 aliphatic carbocycles. The van der Waals surface area contributed by atoms with E-state index < -0.39 is 0 Å². The van der Waals surface area contributed by atoms with E-state index in [0.717, 1.165) is 31.7 Å². The van der Waals surface area contributed by atoms with Gasteiger partial charge in [-0.2, -0.15) is 5.10 Å². The third-order valence-electron chi connectivity index (χ3n) is 4.20. The van der Waals surface area contributed by atoms with Crippen molar-refractivity contribution < 1.29 is 4.74 Å². The normalized spacial score (nSPS) is 19.3. The van der Waals surface area contributed by atoms with Gasteiger partial charge in [0.05, 0.1) is 41.0 Å². The molecule has 6 nitrogen and oxygen atoms in total. The zero-order valence-electron chi connectivity index (χ0n) is 12.2. The molecule has 0 bridgehead atoms. The van der Waals surface area contributed by atoms with Crippen LogP contribution in [0.25, 0.3) is 0 Å². The van der Waals surface area contributed by atoms with Gasteiger partial charge in [-0.3, -0.25) is 4.68 Å². The van der Waals surface area contributed by atoms with Gasteiger partial charge in [-0.15, -0.1) is 0 Å². The van der Waals surface area contributed by atoms with Gasteiger partial charge in [-0.05, 0) is 25.7 Å². The number of hydrogen-bond acceptors (Lipinski definition) is 5. The van der Waals surface area contributed by atoms with Crippen LogP contribution < -0.4 is 5.32 Å². The first-order chi connectivity index (χ1) is 10.8. The maximum absolute atomic E-state index is 5.83.